The Morgan fingerprint density at radius 3 is 1.56 bits per heavy atom. The van der Waals surface area contributed by atoms with Gasteiger partial charge < -0.3 is 4.74 Å². The second-order valence-electron chi connectivity index (χ2n) is 2.41. The van der Waals surface area contributed by atoms with Crippen LogP contribution in [0.2, 0.25) is 0 Å². The zero-order valence-electron chi connectivity index (χ0n) is 8.11. The maximum atomic E-state index is 12.2. The SMILES string of the molecule is COC(C(O[Cl+3]([O-])([O-])[O-])N(F)F)(N(F)F)N(F)F. The molecule has 0 aliphatic carbocycles. The van der Waals surface area contributed by atoms with Crippen molar-refractivity contribution in [3.8, 4) is 0 Å². The third-order valence-corrected chi connectivity index (χ3v) is 1.86. The lowest BCUT2D eigenvalue weighted by Gasteiger charge is -2.33. The molecular weight excluding hydrogens is 307 g/mol. The van der Waals surface area contributed by atoms with Crippen LogP contribution in [0.15, 0.2) is 0 Å². The van der Waals surface area contributed by atoms with Crippen molar-refractivity contribution < 1.29 is 60.1 Å². The average Bonchev–Trinajstić information content (AvgIpc) is 2.14. The highest BCUT2D eigenvalue weighted by molar-refractivity contribution is 4.72. The standard InChI is InChI=1S/C3H4ClF6N3O5/c1-17-3(12(7)8,13(9)10)2(11(5)6)18-4(14,15)16/h2H,1H3. The molecule has 0 aromatic heterocycles. The van der Waals surface area contributed by atoms with Gasteiger partial charge in [0.2, 0.25) is 0 Å². The van der Waals surface area contributed by atoms with Gasteiger partial charge >= 0.3 is 12.1 Å². The fourth-order valence-electron chi connectivity index (χ4n) is 0.782. The summed E-state index contributed by atoms with van der Waals surface area (Å²) in [5.74, 6) is -4.64. The van der Waals surface area contributed by atoms with E-state index in [1.807, 2.05) is 0 Å². The molecule has 0 aromatic rings. The molecule has 0 saturated heterocycles. The molecule has 0 aromatic carbocycles. The maximum absolute atomic E-state index is 12.2. The van der Waals surface area contributed by atoms with Crippen LogP contribution in [0.3, 0.4) is 0 Å². The summed E-state index contributed by atoms with van der Waals surface area (Å²) in [6.07, 6.45) is -3.96. The van der Waals surface area contributed by atoms with Gasteiger partial charge in [-0.15, -0.1) is 0 Å². The number of halogens is 7. The summed E-state index contributed by atoms with van der Waals surface area (Å²) in [5.41, 5.74) is 0. The normalized spacial score (nSPS) is 15.8. The molecule has 15 heteroatoms. The lowest BCUT2D eigenvalue weighted by molar-refractivity contribution is -1.92. The van der Waals surface area contributed by atoms with E-state index in [2.05, 4.69) is 9.03 Å². The number of hydrogen-bond donors (Lipinski definition) is 0. The predicted octanol–water partition coefficient (Wildman–Crippen LogP) is -2.26. The van der Waals surface area contributed by atoms with E-state index in [1.54, 1.807) is 0 Å². The highest BCUT2D eigenvalue weighted by Crippen LogP contribution is 2.33. The first-order chi connectivity index (χ1) is 7.99. The molecular formula is C3H4ClF6N3O5. The smallest absolute Gasteiger partial charge is 0.339 e. The van der Waals surface area contributed by atoms with Crippen LogP contribution in [0, 0.1) is 10.2 Å². The van der Waals surface area contributed by atoms with E-state index in [9.17, 15) is 40.9 Å². The van der Waals surface area contributed by atoms with E-state index in [0.717, 1.165) is 0 Å². The molecule has 0 amide bonds. The third kappa shape index (κ3) is 3.77. The predicted molar refractivity (Wildman–Crippen MR) is 26.8 cm³/mol. The van der Waals surface area contributed by atoms with Gasteiger partial charge in [0.15, 0.2) is 0 Å². The topological polar surface area (TPSA) is 97.4 Å². The molecule has 18 heavy (non-hydrogen) atoms. The van der Waals surface area contributed by atoms with Crippen molar-refractivity contribution in [2.45, 2.75) is 12.1 Å². The van der Waals surface area contributed by atoms with Crippen LogP contribution in [-0.2, 0) is 9.03 Å². The van der Waals surface area contributed by atoms with E-state index in [0.29, 0.717) is 0 Å². The van der Waals surface area contributed by atoms with E-state index < -0.39 is 38.4 Å². The minimum Gasteiger partial charge on any atom is -0.339 e. The van der Waals surface area contributed by atoms with Crippen molar-refractivity contribution in [2.24, 2.45) is 0 Å². The molecule has 0 heterocycles. The van der Waals surface area contributed by atoms with Crippen LogP contribution in [0.1, 0.15) is 0 Å². The summed E-state index contributed by atoms with van der Waals surface area (Å²) in [6, 6.07) is 0. The minimum absolute atomic E-state index is 0.118. The quantitative estimate of drug-likeness (QED) is 0.295. The van der Waals surface area contributed by atoms with Gasteiger partial charge in [0.1, 0.15) is 0 Å². The zero-order chi connectivity index (χ0) is 14.7. The minimum atomic E-state index is -5.71. The van der Waals surface area contributed by atoms with Gasteiger partial charge in [0.25, 0.3) is 0 Å². The van der Waals surface area contributed by atoms with Crippen molar-refractivity contribution in [3.63, 3.8) is 0 Å². The second kappa shape index (κ2) is 6.13. The summed E-state index contributed by atoms with van der Waals surface area (Å²) in [5, 5.41) is -7.72. The molecule has 0 aliphatic rings. The highest BCUT2D eigenvalue weighted by Gasteiger charge is 2.66. The molecule has 1 unspecified atom stereocenters. The van der Waals surface area contributed by atoms with Crippen molar-refractivity contribution in [1.82, 2.24) is 16.0 Å². The number of hydrogen-bond acceptors (Lipinski definition) is 8. The van der Waals surface area contributed by atoms with Crippen molar-refractivity contribution in [2.75, 3.05) is 7.11 Å². The molecule has 110 valence electrons. The van der Waals surface area contributed by atoms with E-state index >= 15 is 0 Å². The van der Waals surface area contributed by atoms with Gasteiger partial charge in [-0.3, -0.25) is 0 Å². The second-order valence-corrected chi connectivity index (χ2v) is 3.34. The van der Waals surface area contributed by atoms with E-state index in [1.165, 1.54) is 0 Å². The first-order valence-corrected chi connectivity index (χ1v) is 4.71. The maximum Gasteiger partial charge on any atom is 0.389 e. The zero-order valence-corrected chi connectivity index (χ0v) is 8.86. The van der Waals surface area contributed by atoms with Crippen molar-refractivity contribution in [1.29, 1.82) is 0 Å². The molecule has 0 rings (SSSR count). The van der Waals surface area contributed by atoms with E-state index in [-0.39, 0.29) is 7.11 Å². The first-order valence-electron chi connectivity index (χ1n) is 3.47. The largest absolute Gasteiger partial charge is 0.389 e. The Labute approximate surface area is 96.4 Å². The first kappa shape index (κ1) is 17.6. The summed E-state index contributed by atoms with van der Waals surface area (Å²) in [7, 11) is -5.60. The van der Waals surface area contributed by atoms with Crippen molar-refractivity contribution in [3.05, 3.63) is 0 Å². The summed E-state index contributed by atoms with van der Waals surface area (Å²) in [6.45, 7) is 0. The summed E-state index contributed by atoms with van der Waals surface area (Å²) < 4.78 is 110. The van der Waals surface area contributed by atoms with Gasteiger partial charge in [-0.2, -0.15) is 14.0 Å². The van der Waals surface area contributed by atoms with Gasteiger partial charge in [0.05, 0.1) is 30.6 Å². The molecule has 8 nitrogen and oxygen atoms in total. The molecule has 0 spiro atoms. The van der Waals surface area contributed by atoms with Crippen LogP contribution >= 0.6 is 0 Å². The van der Waals surface area contributed by atoms with Crippen LogP contribution in [0.25, 0.3) is 0 Å². The summed E-state index contributed by atoms with van der Waals surface area (Å²) in [4.78, 5) is 0. The third-order valence-electron chi connectivity index (χ3n) is 1.48. The molecule has 0 bridgehead atoms. The Balaban J connectivity index is 5.50. The van der Waals surface area contributed by atoms with Crippen LogP contribution < -0.4 is 14.0 Å². The lowest BCUT2D eigenvalue weighted by atomic mass is 10.4. The Bertz CT molecular complexity index is 257. The molecule has 0 saturated carbocycles. The highest BCUT2D eigenvalue weighted by atomic mass is 35.7. The molecule has 0 radical (unpaired) electrons. The Kier molecular flexibility index (Phi) is 5.98. The number of ether oxygens (including phenoxy) is 1. The van der Waals surface area contributed by atoms with Crippen LogP contribution in [0.4, 0.5) is 26.9 Å². The van der Waals surface area contributed by atoms with Gasteiger partial charge in [-0.1, -0.05) is 26.9 Å². The van der Waals surface area contributed by atoms with Gasteiger partial charge in [-0.05, 0) is 0 Å². The summed E-state index contributed by atoms with van der Waals surface area (Å²) >= 11 is 0. The van der Waals surface area contributed by atoms with Crippen molar-refractivity contribution >= 4 is 0 Å². The molecule has 0 N–H and O–H groups in total. The van der Waals surface area contributed by atoms with E-state index in [4.69, 9.17) is 0 Å². The average molecular weight is 312 g/mol. The molecule has 0 aliphatic heterocycles. The fraction of sp³-hybridized carbons (Fsp3) is 1.00. The number of rotatable bonds is 7. The fourth-order valence-corrected chi connectivity index (χ4v) is 1.16. The number of methoxy groups -OCH3 is 1. The lowest BCUT2D eigenvalue weighted by Crippen LogP contribution is -2.70. The van der Waals surface area contributed by atoms with Crippen LogP contribution in [-0.4, -0.2) is 35.2 Å². The Morgan fingerprint density at radius 1 is 1.00 bits per heavy atom. The monoisotopic (exact) mass is 311 g/mol. The Morgan fingerprint density at radius 2 is 1.39 bits per heavy atom. The molecule has 1 atom stereocenters. The molecule has 0 fully saturated rings. The Hall–Kier alpha value is -0.450. The number of nitrogens with zero attached hydrogens (tertiary/aromatic N) is 3. The van der Waals surface area contributed by atoms with Gasteiger partial charge in [-0.25, -0.2) is 0 Å². The van der Waals surface area contributed by atoms with Crippen LogP contribution in [0.5, 0.6) is 0 Å². The van der Waals surface area contributed by atoms with Gasteiger partial charge in [0, 0.05) is 7.11 Å².